The maximum atomic E-state index is 13.8. The third-order valence-electron chi connectivity index (χ3n) is 13.6. The number of nitrogens with one attached hydrogen (secondary N) is 2. The summed E-state index contributed by atoms with van der Waals surface area (Å²) in [4.78, 5) is 35.4. The van der Waals surface area contributed by atoms with E-state index in [1.54, 1.807) is 19.2 Å². The van der Waals surface area contributed by atoms with Crippen LogP contribution in [0, 0.1) is 23.5 Å². The minimum atomic E-state index is -0.510. The molecule has 17 heteroatoms. The summed E-state index contributed by atoms with van der Waals surface area (Å²) in [6.45, 7) is 9.03. The lowest BCUT2D eigenvalue weighted by molar-refractivity contribution is -0.127. The molecular weight excluding hydrogens is 829 g/mol. The van der Waals surface area contributed by atoms with Crippen LogP contribution in [0.2, 0.25) is 10.0 Å². The van der Waals surface area contributed by atoms with Gasteiger partial charge in [0.05, 0.1) is 39.8 Å². The zero-order valence-corrected chi connectivity index (χ0v) is 36.5. The molecule has 0 radical (unpaired) electrons. The number of carbonyl (C=O) groups excluding carboxylic acids is 2. The van der Waals surface area contributed by atoms with Gasteiger partial charge in [-0.15, -0.1) is 0 Å². The summed E-state index contributed by atoms with van der Waals surface area (Å²) in [6.07, 6.45) is 10.4. The minimum Gasteiger partial charge on any atom is -0.380 e. The Morgan fingerprint density at radius 2 is 1.07 bits per heavy atom. The van der Waals surface area contributed by atoms with E-state index in [9.17, 15) is 18.4 Å². The first-order valence-corrected chi connectivity index (χ1v) is 22.9. The number of hydrogen-bond donors (Lipinski definition) is 2. The maximum absolute atomic E-state index is 13.8. The van der Waals surface area contributed by atoms with Crippen LogP contribution >= 0.6 is 23.2 Å². The fourth-order valence-corrected chi connectivity index (χ4v) is 10.1. The molecule has 0 atom stereocenters. The lowest BCUT2D eigenvalue weighted by atomic mass is 9.84. The molecule has 0 bridgehead atoms. The van der Waals surface area contributed by atoms with Gasteiger partial charge in [-0.05, 0) is 101 Å². The van der Waals surface area contributed by atoms with Gasteiger partial charge < -0.3 is 34.2 Å². The van der Waals surface area contributed by atoms with E-state index in [1.807, 2.05) is 0 Å². The standard InChI is InChI=1S/C44H58Cl2F2N8O5/c1-59-32(22-41(57)49-30-6-2-28(3-7-30)10-12-53-14-18-55(19-15-53)43-33-24-35(45)37(47)26-39(33)60-51-43)23-42(58)50-31-8-4-29(5-9-31)11-13-54-16-20-56(21-17-54)44-34-25-36(46)38(48)27-40(34)61-52-44/h24-32H,2-23H2,1H3,(H,49,57)(H,50,58). The van der Waals surface area contributed by atoms with Gasteiger partial charge in [0.15, 0.2) is 22.8 Å². The summed E-state index contributed by atoms with van der Waals surface area (Å²) in [5.74, 6) is 1.59. The van der Waals surface area contributed by atoms with Gasteiger partial charge in [0.1, 0.15) is 11.6 Å². The Hall–Kier alpha value is -3.76. The molecule has 2 saturated heterocycles. The van der Waals surface area contributed by atoms with E-state index in [1.165, 1.54) is 12.1 Å². The van der Waals surface area contributed by atoms with Crippen LogP contribution in [0.3, 0.4) is 0 Å². The number of aromatic nitrogens is 2. The molecule has 2 aliphatic heterocycles. The fourth-order valence-electron chi connectivity index (χ4n) is 9.81. The largest absolute Gasteiger partial charge is 0.380 e. The van der Waals surface area contributed by atoms with Crippen LogP contribution in [0.25, 0.3) is 21.9 Å². The van der Waals surface area contributed by atoms with Crippen molar-refractivity contribution < 1.29 is 32.2 Å². The van der Waals surface area contributed by atoms with Gasteiger partial charge in [-0.25, -0.2) is 8.78 Å². The normalized spacial score (nSPS) is 23.8. The molecule has 2 aromatic carbocycles. The predicted octanol–water partition coefficient (Wildman–Crippen LogP) is 7.42. The Morgan fingerprint density at radius 3 is 1.44 bits per heavy atom. The second-order valence-corrected chi connectivity index (χ2v) is 18.4. The lowest BCUT2D eigenvalue weighted by Crippen LogP contribution is -2.47. The third kappa shape index (κ3) is 11.1. The molecule has 0 unspecified atom stereocenters. The van der Waals surface area contributed by atoms with Crippen molar-refractivity contribution in [2.24, 2.45) is 11.8 Å². The van der Waals surface area contributed by atoms with Crippen LogP contribution < -0.4 is 20.4 Å². The average Bonchev–Trinajstić information content (AvgIpc) is 3.86. The van der Waals surface area contributed by atoms with Crippen molar-refractivity contribution >= 4 is 68.6 Å². The van der Waals surface area contributed by atoms with E-state index in [0.717, 1.165) is 152 Å². The highest BCUT2D eigenvalue weighted by Crippen LogP contribution is 2.34. The Bertz CT molecular complexity index is 1960. The van der Waals surface area contributed by atoms with Crippen molar-refractivity contribution in [1.29, 1.82) is 0 Å². The van der Waals surface area contributed by atoms with E-state index >= 15 is 0 Å². The molecule has 2 saturated carbocycles. The van der Waals surface area contributed by atoms with E-state index in [-0.39, 0.29) is 46.8 Å². The first-order chi connectivity index (χ1) is 29.6. The number of ether oxygens (including phenoxy) is 1. The molecule has 4 aromatic rings. The minimum absolute atomic E-state index is 0.0524. The number of benzene rings is 2. The maximum Gasteiger partial charge on any atom is 0.222 e. The first kappa shape index (κ1) is 43.9. The lowest BCUT2D eigenvalue weighted by Gasteiger charge is -2.36. The highest BCUT2D eigenvalue weighted by molar-refractivity contribution is 6.32. The number of hydrogen-bond acceptors (Lipinski definition) is 11. The van der Waals surface area contributed by atoms with Gasteiger partial charge in [-0.3, -0.25) is 19.4 Å². The van der Waals surface area contributed by atoms with Crippen LogP contribution in [0.1, 0.15) is 77.0 Å². The number of rotatable bonds is 15. The van der Waals surface area contributed by atoms with Crippen molar-refractivity contribution in [3.8, 4) is 0 Å². The van der Waals surface area contributed by atoms with Crippen LogP contribution in [-0.4, -0.2) is 123 Å². The SMILES string of the molecule is COC(CC(=O)NC1CCC(CCN2CCN(c3noc4cc(F)c(Cl)cc34)CC2)CC1)CC(=O)NC1CCC(CCN2CCN(c3noc4cc(F)c(Cl)cc34)CC2)CC1. The van der Waals surface area contributed by atoms with Crippen LogP contribution in [-0.2, 0) is 14.3 Å². The molecule has 2 amide bonds. The van der Waals surface area contributed by atoms with Crippen molar-refractivity contribution in [2.45, 2.75) is 95.2 Å². The van der Waals surface area contributed by atoms with Crippen molar-refractivity contribution in [3.05, 3.63) is 45.9 Å². The summed E-state index contributed by atoms with van der Waals surface area (Å²) in [6, 6.07) is 6.08. The van der Waals surface area contributed by atoms with Crippen molar-refractivity contribution in [2.75, 3.05) is 82.4 Å². The molecule has 2 aromatic heterocycles. The Labute approximate surface area is 365 Å². The van der Waals surface area contributed by atoms with Crippen molar-refractivity contribution in [3.63, 3.8) is 0 Å². The summed E-state index contributed by atoms with van der Waals surface area (Å²) >= 11 is 12.0. The molecule has 4 fully saturated rings. The molecule has 2 N–H and O–H groups in total. The van der Waals surface area contributed by atoms with E-state index in [0.29, 0.717) is 23.0 Å². The second kappa shape index (κ2) is 20.2. The summed E-state index contributed by atoms with van der Waals surface area (Å²) in [5.41, 5.74) is 0.808. The predicted molar refractivity (Wildman–Crippen MR) is 232 cm³/mol. The third-order valence-corrected chi connectivity index (χ3v) is 14.2. The van der Waals surface area contributed by atoms with Crippen LogP contribution in [0.5, 0.6) is 0 Å². The summed E-state index contributed by atoms with van der Waals surface area (Å²) in [5, 5.41) is 16.5. The van der Waals surface area contributed by atoms with Gasteiger partial charge in [0.25, 0.3) is 0 Å². The van der Waals surface area contributed by atoms with Gasteiger partial charge in [0, 0.05) is 83.7 Å². The first-order valence-electron chi connectivity index (χ1n) is 22.1. The summed E-state index contributed by atoms with van der Waals surface area (Å²) < 4.78 is 44.0. The monoisotopic (exact) mass is 886 g/mol. The number of fused-ring (bicyclic) bond motifs is 2. The smallest absolute Gasteiger partial charge is 0.222 e. The van der Waals surface area contributed by atoms with Gasteiger partial charge >= 0.3 is 0 Å². The molecule has 332 valence electrons. The highest BCUT2D eigenvalue weighted by atomic mass is 35.5. The van der Waals surface area contributed by atoms with E-state index < -0.39 is 17.7 Å². The molecule has 4 heterocycles. The Balaban J connectivity index is 0.664. The zero-order chi connectivity index (χ0) is 42.5. The number of methoxy groups -OCH3 is 1. The molecule has 4 aliphatic rings. The Kier molecular flexibility index (Phi) is 14.5. The number of halogens is 4. The van der Waals surface area contributed by atoms with E-state index in [4.69, 9.17) is 37.0 Å². The van der Waals surface area contributed by atoms with Gasteiger partial charge in [-0.2, -0.15) is 0 Å². The van der Waals surface area contributed by atoms with E-state index in [2.05, 4.69) is 40.5 Å². The van der Waals surface area contributed by atoms with Gasteiger partial charge in [0.2, 0.25) is 11.8 Å². The molecule has 8 rings (SSSR count). The molecular formula is C44H58Cl2F2N8O5. The average molecular weight is 888 g/mol. The number of carbonyl (C=O) groups is 2. The Morgan fingerprint density at radius 1 is 0.672 bits per heavy atom. The molecule has 13 nitrogen and oxygen atoms in total. The van der Waals surface area contributed by atoms with Crippen LogP contribution in [0.15, 0.2) is 33.3 Å². The number of piperazine rings is 2. The second-order valence-electron chi connectivity index (χ2n) is 17.6. The molecule has 2 aliphatic carbocycles. The fraction of sp³-hybridized carbons (Fsp3) is 0.636. The molecule has 61 heavy (non-hydrogen) atoms. The van der Waals surface area contributed by atoms with Crippen LogP contribution in [0.4, 0.5) is 20.4 Å². The number of anilines is 2. The van der Waals surface area contributed by atoms with Crippen molar-refractivity contribution in [1.82, 2.24) is 30.7 Å². The topological polar surface area (TPSA) is 132 Å². The summed E-state index contributed by atoms with van der Waals surface area (Å²) in [7, 11) is 1.57. The number of nitrogens with zero attached hydrogens (tertiary/aromatic N) is 6. The molecule has 0 spiro atoms. The van der Waals surface area contributed by atoms with Gasteiger partial charge in [-0.1, -0.05) is 33.5 Å². The highest BCUT2D eigenvalue weighted by Gasteiger charge is 2.29. The zero-order valence-electron chi connectivity index (χ0n) is 35.0. The quantitative estimate of drug-likeness (QED) is 0.124. The number of amides is 2.